The second kappa shape index (κ2) is 6.72. The lowest BCUT2D eigenvalue weighted by molar-refractivity contribution is 0.416. The molecule has 0 radical (unpaired) electrons. The number of anilines is 2. The van der Waals surface area contributed by atoms with Crippen LogP contribution < -0.4 is 15.0 Å². The molecule has 2 aromatic rings. The second-order valence-corrected chi connectivity index (χ2v) is 5.62. The summed E-state index contributed by atoms with van der Waals surface area (Å²) in [6.07, 6.45) is 0. The van der Waals surface area contributed by atoms with Crippen molar-refractivity contribution >= 4 is 23.0 Å². The Hall–Kier alpha value is -1.87. The number of hydrogen-bond acceptors (Lipinski definition) is 3. The van der Waals surface area contributed by atoms with E-state index in [4.69, 9.17) is 16.3 Å². The fourth-order valence-electron chi connectivity index (χ4n) is 2.08. The maximum Gasteiger partial charge on any atom is 0.143 e. The van der Waals surface area contributed by atoms with Crippen molar-refractivity contribution < 1.29 is 4.74 Å². The van der Waals surface area contributed by atoms with Gasteiger partial charge in [0.1, 0.15) is 5.75 Å². The number of halogens is 1. The molecule has 112 valence electrons. The number of hydrogen-bond donors (Lipinski definition) is 1. The van der Waals surface area contributed by atoms with Crippen LogP contribution in [0.3, 0.4) is 0 Å². The molecule has 0 saturated carbocycles. The van der Waals surface area contributed by atoms with Crippen LogP contribution in [0.5, 0.6) is 5.75 Å². The molecule has 0 aliphatic carbocycles. The van der Waals surface area contributed by atoms with E-state index in [0.29, 0.717) is 5.02 Å². The number of methoxy groups -OCH3 is 1. The van der Waals surface area contributed by atoms with Gasteiger partial charge in [-0.15, -0.1) is 0 Å². The number of rotatable bonds is 5. The maximum absolute atomic E-state index is 6.12. The van der Waals surface area contributed by atoms with Crippen LogP contribution in [0.1, 0.15) is 11.1 Å². The van der Waals surface area contributed by atoms with Gasteiger partial charge < -0.3 is 15.0 Å². The minimum absolute atomic E-state index is 0.715. The lowest BCUT2D eigenvalue weighted by atomic mass is 10.1. The summed E-state index contributed by atoms with van der Waals surface area (Å²) in [6.45, 7) is 2.73. The third-order valence-corrected chi connectivity index (χ3v) is 3.82. The second-order valence-electron chi connectivity index (χ2n) is 5.22. The lowest BCUT2D eigenvalue weighted by Crippen LogP contribution is -2.08. The van der Waals surface area contributed by atoms with Crippen LogP contribution in [0.4, 0.5) is 11.4 Å². The maximum atomic E-state index is 6.12. The van der Waals surface area contributed by atoms with E-state index >= 15 is 0 Å². The predicted octanol–water partition coefficient (Wildman–Crippen LogP) is 4.34. The van der Waals surface area contributed by atoms with Gasteiger partial charge in [-0.25, -0.2) is 0 Å². The van der Waals surface area contributed by atoms with Crippen LogP contribution in [0.25, 0.3) is 0 Å². The summed E-state index contributed by atoms with van der Waals surface area (Å²) in [5.74, 6) is 0.760. The minimum atomic E-state index is 0.715. The Labute approximate surface area is 131 Å². The number of benzene rings is 2. The van der Waals surface area contributed by atoms with Gasteiger partial charge in [-0.3, -0.25) is 0 Å². The highest BCUT2D eigenvalue weighted by atomic mass is 35.5. The molecule has 0 aliphatic heterocycles. The van der Waals surface area contributed by atoms with Crippen molar-refractivity contribution in [2.45, 2.75) is 13.5 Å². The van der Waals surface area contributed by atoms with E-state index in [1.807, 2.05) is 33.2 Å². The first-order valence-electron chi connectivity index (χ1n) is 6.85. The molecule has 2 aromatic carbocycles. The standard InChI is InChI=1S/C17H21ClN2O/c1-12-9-16(17(21-4)10-15(12)18)19-11-13-5-7-14(8-6-13)20(2)3/h5-10,19H,11H2,1-4H3. The average molecular weight is 305 g/mol. The lowest BCUT2D eigenvalue weighted by Gasteiger charge is -2.15. The number of nitrogens with zero attached hydrogens (tertiary/aromatic N) is 1. The average Bonchev–Trinajstić information content (AvgIpc) is 2.48. The largest absolute Gasteiger partial charge is 0.495 e. The fraction of sp³-hybridized carbons (Fsp3) is 0.294. The molecule has 3 nitrogen and oxygen atoms in total. The van der Waals surface area contributed by atoms with Crippen LogP contribution in [-0.2, 0) is 6.54 Å². The summed E-state index contributed by atoms with van der Waals surface area (Å²) in [4.78, 5) is 2.09. The van der Waals surface area contributed by atoms with Crippen molar-refractivity contribution in [3.63, 3.8) is 0 Å². The molecule has 0 heterocycles. The SMILES string of the molecule is COc1cc(Cl)c(C)cc1NCc1ccc(N(C)C)cc1. The quantitative estimate of drug-likeness (QED) is 0.889. The van der Waals surface area contributed by atoms with Crippen LogP contribution >= 0.6 is 11.6 Å². The summed E-state index contributed by atoms with van der Waals surface area (Å²) in [6, 6.07) is 12.3. The zero-order valence-corrected chi connectivity index (χ0v) is 13.7. The Bertz CT molecular complexity index is 609. The van der Waals surface area contributed by atoms with Gasteiger partial charge in [-0.05, 0) is 36.2 Å². The smallest absolute Gasteiger partial charge is 0.143 e. The van der Waals surface area contributed by atoms with Gasteiger partial charge in [0.15, 0.2) is 0 Å². The molecule has 0 amide bonds. The molecular formula is C17H21ClN2O. The van der Waals surface area contributed by atoms with Gasteiger partial charge in [0.2, 0.25) is 0 Å². The molecule has 0 unspecified atom stereocenters. The highest BCUT2D eigenvalue weighted by Gasteiger charge is 2.06. The summed E-state index contributed by atoms with van der Waals surface area (Å²) in [5.41, 5.74) is 4.40. The first kappa shape index (κ1) is 15.5. The third-order valence-electron chi connectivity index (χ3n) is 3.42. The van der Waals surface area contributed by atoms with Crippen molar-refractivity contribution in [2.75, 3.05) is 31.4 Å². The Balaban J connectivity index is 2.10. The molecule has 0 atom stereocenters. The van der Waals surface area contributed by atoms with Crippen LogP contribution in [0, 0.1) is 6.92 Å². The topological polar surface area (TPSA) is 24.5 Å². The van der Waals surface area contributed by atoms with Crippen molar-refractivity contribution in [1.29, 1.82) is 0 Å². The monoisotopic (exact) mass is 304 g/mol. The van der Waals surface area contributed by atoms with Crippen molar-refractivity contribution in [3.05, 3.63) is 52.5 Å². The summed E-state index contributed by atoms with van der Waals surface area (Å²) < 4.78 is 5.37. The third kappa shape index (κ3) is 3.82. The molecule has 0 fully saturated rings. The molecule has 4 heteroatoms. The van der Waals surface area contributed by atoms with Crippen molar-refractivity contribution in [1.82, 2.24) is 0 Å². The molecule has 0 saturated heterocycles. The fourth-order valence-corrected chi connectivity index (χ4v) is 2.23. The van der Waals surface area contributed by atoms with Crippen molar-refractivity contribution in [2.24, 2.45) is 0 Å². The molecule has 0 spiro atoms. The zero-order chi connectivity index (χ0) is 15.4. The normalized spacial score (nSPS) is 10.3. The summed E-state index contributed by atoms with van der Waals surface area (Å²) in [5, 5.41) is 4.12. The molecule has 1 N–H and O–H groups in total. The van der Waals surface area contributed by atoms with Gasteiger partial charge >= 0.3 is 0 Å². The Morgan fingerprint density at radius 1 is 1.14 bits per heavy atom. The van der Waals surface area contributed by atoms with E-state index in [1.54, 1.807) is 7.11 Å². The van der Waals surface area contributed by atoms with Gasteiger partial charge in [0, 0.05) is 37.4 Å². The zero-order valence-electron chi connectivity index (χ0n) is 12.9. The van der Waals surface area contributed by atoms with Gasteiger partial charge in [-0.2, -0.15) is 0 Å². The number of ether oxygens (including phenoxy) is 1. The molecule has 2 rings (SSSR count). The number of nitrogens with one attached hydrogen (secondary N) is 1. The summed E-state index contributed by atoms with van der Waals surface area (Å²) in [7, 11) is 5.72. The minimum Gasteiger partial charge on any atom is -0.495 e. The van der Waals surface area contributed by atoms with E-state index in [0.717, 1.165) is 23.5 Å². The molecule has 21 heavy (non-hydrogen) atoms. The van der Waals surface area contributed by atoms with Gasteiger partial charge in [0.25, 0.3) is 0 Å². The Morgan fingerprint density at radius 2 is 1.81 bits per heavy atom. The van der Waals surface area contributed by atoms with E-state index < -0.39 is 0 Å². The van der Waals surface area contributed by atoms with Crippen LogP contribution in [0.2, 0.25) is 5.02 Å². The van der Waals surface area contributed by atoms with E-state index in [9.17, 15) is 0 Å². The molecular weight excluding hydrogens is 284 g/mol. The molecule has 0 aliphatic rings. The first-order valence-corrected chi connectivity index (χ1v) is 7.23. The predicted molar refractivity (Wildman–Crippen MR) is 90.8 cm³/mol. The number of aryl methyl sites for hydroxylation is 1. The summed E-state index contributed by atoms with van der Waals surface area (Å²) >= 11 is 6.12. The highest BCUT2D eigenvalue weighted by Crippen LogP contribution is 2.31. The van der Waals surface area contributed by atoms with Crippen LogP contribution in [0.15, 0.2) is 36.4 Å². The van der Waals surface area contributed by atoms with E-state index in [-0.39, 0.29) is 0 Å². The first-order chi connectivity index (χ1) is 10.0. The van der Waals surface area contributed by atoms with Gasteiger partial charge in [-0.1, -0.05) is 23.7 Å². The van der Waals surface area contributed by atoms with E-state index in [2.05, 4.69) is 34.5 Å². The van der Waals surface area contributed by atoms with Crippen LogP contribution in [-0.4, -0.2) is 21.2 Å². The molecule has 0 aromatic heterocycles. The Morgan fingerprint density at radius 3 is 2.38 bits per heavy atom. The molecule has 0 bridgehead atoms. The van der Waals surface area contributed by atoms with Gasteiger partial charge in [0.05, 0.1) is 12.8 Å². The Kier molecular flexibility index (Phi) is 4.97. The van der Waals surface area contributed by atoms with E-state index in [1.165, 1.54) is 11.3 Å². The van der Waals surface area contributed by atoms with Crippen molar-refractivity contribution in [3.8, 4) is 5.75 Å². The highest BCUT2D eigenvalue weighted by molar-refractivity contribution is 6.31.